The van der Waals surface area contributed by atoms with Gasteiger partial charge in [0.05, 0.1) is 0 Å². The average Bonchev–Trinajstić information content (AvgIpc) is 2.70. The molecule has 0 aliphatic heterocycles. The van der Waals surface area contributed by atoms with E-state index in [2.05, 4.69) is 22.2 Å². The largest absolute Gasteiger partial charge is 0.331 e. The Hall–Kier alpha value is -2.10. The van der Waals surface area contributed by atoms with Gasteiger partial charge >= 0.3 is 0 Å². The van der Waals surface area contributed by atoms with E-state index in [0.29, 0.717) is 11.5 Å². The molecule has 0 saturated carbocycles. The zero-order valence-electron chi connectivity index (χ0n) is 8.03. The summed E-state index contributed by atoms with van der Waals surface area (Å²) < 4.78 is 0. The van der Waals surface area contributed by atoms with Crippen molar-refractivity contribution in [2.45, 2.75) is 0 Å². The second kappa shape index (κ2) is 3.96. The SMILES string of the molecule is [CH2]c1cccc(C(=O)Nc2ncc[nH]2)c1. The molecule has 4 heteroatoms. The number of rotatable bonds is 2. The second-order valence-electron chi connectivity index (χ2n) is 3.09. The van der Waals surface area contributed by atoms with Crippen LogP contribution in [0.4, 0.5) is 5.95 Å². The Morgan fingerprint density at radius 2 is 2.33 bits per heavy atom. The van der Waals surface area contributed by atoms with Crippen LogP contribution in [0, 0.1) is 6.92 Å². The molecule has 0 saturated heterocycles. The van der Waals surface area contributed by atoms with Gasteiger partial charge in [-0.2, -0.15) is 0 Å². The lowest BCUT2D eigenvalue weighted by molar-refractivity contribution is 0.102. The van der Waals surface area contributed by atoms with E-state index in [1.54, 1.807) is 30.6 Å². The number of nitrogens with zero attached hydrogens (tertiary/aromatic N) is 1. The highest BCUT2D eigenvalue weighted by atomic mass is 16.1. The highest BCUT2D eigenvalue weighted by Crippen LogP contribution is 2.06. The molecule has 1 aromatic heterocycles. The van der Waals surface area contributed by atoms with Gasteiger partial charge in [-0.3, -0.25) is 10.1 Å². The smallest absolute Gasteiger partial charge is 0.257 e. The van der Waals surface area contributed by atoms with E-state index in [4.69, 9.17) is 0 Å². The topological polar surface area (TPSA) is 57.8 Å². The Labute approximate surface area is 87.4 Å². The van der Waals surface area contributed by atoms with Crippen LogP contribution in [0.2, 0.25) is 0 Å². The minimum Gasteiger partial charge on any atom is -0.331 e. The minimum atomic E-state index is -0.199. The third-order valence-electron chi connectivity index (χ3n) is 1.92. The lowest BCUT2D eigenvalue weighted by atomic mass is 10.1. The fourth-order valence-electron chi connectivity index (χ4n) is 1.23. The summed E-state index contributed by atoms with van der Waals surface area (Å²) in [6, 6.07) is 7.08. The third-order valence-corrected chi connectivity index (χ3v) is 1.92. The number of carbonyl (C=O) groups excluding carboxylic acids is 1. The summed E-state index contributed by atoms with van der Waals surface area (Å²) in [6.45, 7) is 3.76. The van der Waals surface area contributed by atoms with Gasteiger partial charge in [0.2, 0.25) is 5.95 Å². The van der Waals surface area contributed by atoms with Crippen molar-refractivity contribution in [1.29, 1.82) is 0 Å². The molecule has 1 amide bonds. The van der Waals surface area contributed by atoms with Gasteiger partial charge in [-0.1, -0.05) is 12.1 Å². The number of hydrogen-bond donors (Lipinski definition) is 2. The summed E-state index contributed by atoms with van der Waals surface area (Å²) >= 11 is 0. The molecule has 0 aliphatic carbocycles. The van der Waals surface area contributed by atoms with E-state index < -0.39 is 0 Å². The van der Waals surface area contributed by atoms with Gasteiger partial charge in [-0.25, -0.2) is 4.98 Å². The number of nitrogens with one attached hydrogen (secondary N) is 2. The number of H-pyrrole nitrogens is 1. The molecule has 1 aromatic carbocycles. The van der Waals surface area contributed by atoms with Gasteiger partial charge in [0, 0.05) is 18.0 Å². The first kappa shape index (κ1) is 9.45. The first-order valence-corrected chi connectivity index (χ1v) is 4.48. The average molecular weight is 200 g/mol. The fraction of sp³-hybridized carbons (Fsp3) is 0. The summed E-state index contributed by atoms with van der Waals surface area (Å²) in [6.07, 6.45) is 3.22. The van der Waals surface area contributed by atoms with Crippen molar-refractivity contribution in [2.24, 2.45) is 0 Å². The molecular formula is C11H10N3O. The predicted molar refractivity (Wildman–Crippen MR) is 57.4 cm³/mol. The zero-order chi connectivity index (χ0) is 10.7. The number of hydrogen-bond acceptors (Lipinski definition) is 2. The van der Waals surface area contributed by atoms with Crippen molar-refractivity contribution in [3.8, 4) is 0 Å². The van der Waals surface area contributed by atoms with Crippen LogP contribution >= 0.6 is 0 Å². The molecule has 0 aliphatic rings. The Kier molecular flexibility index (Phi) is 2.49. The molecular weight excluding hydrogens is 190 g/mol. The number of anilines is 1. The summed E-state index contributed by atoms with van der Waals surface area (Å²) in [5.41, 5.74) is 1.38. The second-order valence-corrected chi connectivity index (χ2v) is 3.09. The first-order chi connectivity index (χ1) is 7.25. The van der Waals surface area contributed by atoms with E-state index in [0.717, 1.165) is 5.56 Å². The third kappa shape index (κ3) is 2.22. The quantitative estimate of drug-likeness (QED) is 0.777. The van der Waals surface area contributed by atoms with Crippen LogP contribution in [0.15, 0.2) is 36.7 Å². The van der Waals surface area contributed by atoms with E-state index in [-0.39, 0.29) is 5.91 Å². The van der Waals surface area contributed by atoms with Crippen LogP contribution < -0.4 is 5.32 Å². The highest BCUT2D eigenvalue weighted by Gasteiger charge is 2.06. The van der Waals surface area contributed by atoms with Crippen molar-refractivity contribution >= 4 is 11.9 Å². The normalized spacial score (nSPS) is 9.93. The maximum atomic E-state index is 11.7. The molecule has 0 spiro atoms. The Morgan fingerprint density at radius 1 is 1.47 bits per heavy atom. The molecule has 0 unspecified atom stereocenters. The lowest BCUT2D eigenvalue weighted by Crippen LogP contribution is -2.12. The fourth-order valence-corrected chi connectivity index (χ4v) is 1.23. The Balaban J connectivity index is 2.15. The number of benzene rings is 1. The number of amides is 1. The molecule has 0 bridgehead atoms. The van der Waals surface area contributed by atoms with E-state index in [1.165, 1.54) is 0 Å². The van der Waals surface area contributed by atoms with Gasteiger partial charge in [0.1, 0.15) is 0 Å². The molecule has 0 fully saturated rings. The number of imidazole rings is 1. The molecule has 1 radical (unpaired) electrons. The van der Waals surface area contributed by atoms with Crippen molar-refractivity contribution < 1.29 is 4.79 Å². The Morgan fingerprint density at radius 3 is 3.00 bits per heavy atom. The van der Waals surface area contributed by atoms with Gasteiger partial charge in [0.15, 0.2) is 0 Å². The van der Waals surface area contributed by atoms with Crippen LogP contribution in [0.25, 0.3) is 0 Å². The minimum absolute atomic E-state index is 0.199. The Bertz CT molecular complexity index is 462. The summed E-state index contributed by atoms with van der Waals surface area (Å²) in [4.78, 5) is 18.4. The maximum Gasteiger partial charge on any atom is 0.257 e. The van der Waals surface area contributed by atoms with Crippen molar-refractivity contribution in [3.05, 3.63) is 54.7 Å². The molecule has 4 nitrogen and oxygen atoms in total. The molecule has 2 N–H and O–H groups in total. The van der Waals surface area contributed by atoms with Crippen molar-refractivity contribution in [3.63, 3.8) is 0 Å². The van der Waals surface area contributed by atoms with Crippen LogP contribution in [-0.4, -0.2) is 15.9 Å². The van der Waals surface area contributed by atoms with Crippen molar-refractivity contribution in [2.75, 3.05) is 5.32 Å². The first-order valence-electron chi connectivity index (χ1n) is 4.48. The van der Waals surface area contributed by atoms with Crippen LogP contribution in [-0.2, 0) is 0 Å². The van der Waals surface area contributed by atoms with E-state index in [9.17, 15) is 4.79 Å². The maximum absolute atomic E-state index is 11.7. The van der Waals surface area contributed by atoms with Crippen LogP contribution in [0.5, 0.6) is 0 Å². The van der Waals surface area contributed by atoms with Gasteiger partial charge in [-0.15, -0.1) is 0 Å². The molecule has 75 valence electrons. The lowest BCUT2D eigenvalue weighted by Gasteiger charge is -2.02. The summed E-state index contributed by atoms with van der Waals surface area (Å²) in [5, 5.41) is 2.63. The standard InChI is InChI=1S/C11H10N3O/c1-8-3-2-4-9(7-8)10(15)14-11-12-5-6-13-11/h2-7H,1H2,(H2,12,13,14,15). The number of aromatic amines is 1. The zero-order valence-corrected chi connectivity index (χ0v) is 8.03. The van der Waals surface area contributed by atoms with Gasteiger partial charge in [0.25, 0.3) is 5.91 Å². The molecule has 2 rings (SSSR count). The molecule has 0 atom stereocenters. The van der Waals surface area contributed by atoms with Gasteiger partial charge < -0.3 is 4.98 Å². The van der Waals surface area contributed by atoms with Crippen LogP contribution in [0.3, 0.4) is 0 Å². The summed E-state index contributed by atoms with van der Waals surface area (Å²) in [7, 11) is 0. The predicted octanol–water partition coefficient (Wildman–Crippen LogP) is 1.84. The molecule has 1 heterocycles. The molecule has 15 heavy (non-hydrogen) atoms. The van der Waals surface area contributed by atoms with Gasteiger partial charge in [-0.05, 0) is 24.6 Å². The van der Waals surface area contributed by atoms with E-state index >= 15 is 0 Å². The monoisotopic (exact) mass is 200 g/mol. The summed E-state index contributed by atoms with van der Waals surface area (Å²) in [5.74, 6) is 0.241. The van der Waals surface area contributed by atoms with Crippen LogP contribution in [0.1, 0.15) is 15.9 Å². The van der Waals surface area contributed by atoms with Crippen molar-refractivity contribution in [1.82, 2.24) is 9.97 Å². The highest BCUT2D eigenvalue weighted by molar-refractivity contribution is 6.03. The van der Waals surface area contributed by atoms with E-state index in [1.807, 2.05) is 6.07 Å². The number of carbonyl (C=O) groups is 1. The molecule has 2 aromatic rings. The number of aromatic nitrogens is 2.